The van der Waals surface area contributed by atoms with Crippen LogP contribution in [0.1, 0.15) is 38.4 Å². The molecule has 2 amide bonds. The Balaban J connectivity index is 1.47. The summed E-state index contributed by atoms with van der Waals surface area (Å²) in [5.74, 6) is 1.18. The molecule has 1 aliphatic heterocycles. The Morgan fingerprint density at radius 1 is 1.28 bits per heavy atom. The van der Waals surface area contributed by atoms with Crippen LogP contribution in [0, 0.1) is 5.92 Å². The number of aryl methyl sites for hydroxylation is 2. The standard InChI is InChI=1S/C22H30N4O3/c1-3-20-24-16-6-4-5-7-17(16)25(20)11-10-21(27)26-12-13-29-19-9-8-15(14-18(19)26)22(28)23-2/h4-7,15,18-19H,3,8-14H2,1-2H3,(H,23,28)/t15-,18+,19+/m0/s1. The first-order chi connectivity index (χ1) is 14.1. The molecule has 1 saturated heterocycles. The number of hydrogen-bond donors (Lipinski definition) is 1. The van der Waals surface area contributed by atoms with Crippen LogP contribution in [-0.4, -0.2) is 58.6 Å². The van der Waals surface area contributed by atoms with E-state index in [9.17, 15) is 9.59 Å². The highest BCUT2D eigenvalue weighted by Gasteiger charge is 2.41. The second-order valence-electron chi connectivity index (χ2n) is 7.96. The molecule has 0 unspecified atom stereocenters. The summed E-state index contributed by atoms with van der Waals surface area (Å²) < 4.78 is 8.09. The van der Waals surface area contributed by atoms with Crippen LogP contribution in [0.25, 0.3) is 11.0 Å². The first-order valence-electron chi connectivity index (χ1n) is 10.7. The number of carbonyl (C=O) groups excluding carboxylic acids is 2. The van der Waals surface area contributed by atoms with E-state index in [1.165, 1.54) is 0 Å². The van der Waals surface area contributed by atoms with E-state index in [1.807, 2.05) is 23.1 Å². The van der Waals surface area contributed by atoms with E-state index in [-0.39, 0.29) is 29.9 Å². The van der Waals surface area contributed by atoms with Gasteiger partial charge in [-0.15, -0.1) is 0 Å². The van der Waals surface area contributed by atoms with Crippen molar-refractivity contribution in [2.24, 2.45) is 5.92 Å². The molecule has 1 aliphatic carbocycles. The van der Waals surface area contributed by atoms with Gasteiger partial charge in [0.15, 0.2) is 0 Å². The molecule has 0 bridgehead atoms. The minimum absolute atomic E-state index is 0.00234. The minimum Gasteiger partial charge on any atom is -0.374 e. The molecule has 2 fully saturated rings. The summed E-state index contributed by atoms with van der Waals surface area (Å²) in [6.45, 7) is 3.89. The zero-order chi connectivity index (χ0) is 20.4. The Bertz CT molecular complexity index is 893. The quantitative estimate of drug-likeness (QED) is 0.837. The molecule has 0 radical (unpaired) electrons. The second kappa shape index (κ2) is 8.53. The van der Waals surface area contributed by atoms with E-state index in [4.69, 9.17) is 9.72 Å². The third-order valence-electron chi connectivity index (χ3n) is 6.36. The lowest BCUT2D eigenvalue weighted by atomic mass is 9.81. The molecule has 4 rings (SSSR count). The van der Waals surface area contributed by atoms with Gasteiger partial charge in [-0.05, 0) is 31.4 Å². The SMILES string of the molecule is CCc1nc2ccccc2n1CCC(=O)N1CCO[C@@H]2CC[C@H](C(=O)NC)C[C@H]21. The van der Waals surface area contributed by atoms with Crippen molar-refractivity contribution in [1.29, 1.82) is 0 Å². The number of fused-ring (bicyclic) bond motifs is 2. The number of hydrogen-bond acceptors (Lipinski definition) is 4. The van der Waals surface area contributed by atoms with E-state index in [1.54, 1.807) is 7.05 Å². The maximum Gasteiger partial charge on any atom is 0.224 e. The average molecular weight is 399 g/mol. The lowest BCUT2D eigenvalue weighted by Crippen LogP contribution is -2.57. The Morgan fingerprint density at radius 3 is 2.90 bits per heavy atom. The fourth-order valence-electron chi connectivity index (χ4n) is 4.86. The van der Waals surface area contributed by atoms with Gasteiger partial charge in [-0.1, -0.05) is 19.1 Å². The van der Waals surface area contributed by atoms with Gasteiger partial charge in [0, 0.05) is 38.9 Å². The summed E-state index contributed by atoms with van der Waals surface area (Å²) in [7, 11) is 1.68. The molecular formula is C22H30N4O3. The molecular weight excluding hydrogens is 368 g/mol. The topological polar surface area (TPSA) is 76.5 Å². The number of rotatable bonds is 5. The van der Waals surface area contributed by atoms with Gasteiger partial charge in [-0.25, -0.2) is 4.98 Å². The molecule has 3 atom stereocenters. The number of benzene rings is 1. The summed E-state index contributed by atoms with van der Waals surface area (Å²) in [6.07, 6.45) is 3.65. The molecule has 1 aromatic carbocycles. The molecule has 2 aliphatic rings. The maximum absolute atomic E-state index is 13.2. The van der Waals surface area contributed by atoms with Gasteiger partial charge >= 0.3 is 0 Å². The van der Waals surface area contributed by atoms with Crippen molar-refractivity contribution in [2.45, 2.75) is 57.7 Å². The molecule has 156 valence electrons. The van der Waals surface area contributed by atoms with Gasteiger partial charge < -0.3 is 19.5 Å². The Hall–Kier alpha value is -2.41. The van der Waals surface area contributed by atoms with Crippen LogP contribution in [0.4, 0.5) is 0 Å². The highest BCUT2D eigenvalue weighted by Crippen LogP contribution is 2.33. The first-order valence-corrected chi connectivity index (χ1v) is 10.7. The number of amides is 2. The number of nitrogens with one attached hydrogen (secondary N) is 1. The Morgan fingerprint density at radius 2 is 2.10 bits per heavy atom. The third kappa shape index (κ3) is 3.88. The highest BCUT2D eigenvalue weighted by molar-refractivity contribution is 5.80. The monoisotopic (exact) mass is 398 g/mol. The molecule has 1 aromatic heterocycles. The highest BCUT2D eigenvalue weighted by atomic mass is 16.5. The van der Waals surface area contributed by atoms with E-state index < -0.39 is 0 Å². The predicted molar refractivity (Wildman–Crippen MR) is 110 cm³/mol. The molecule has 2 heterocycles. The average Bonchev–Trinajstić information content (AvgIpc) is 3.13. The van der Waals surface area contributed by atoms with Crippen molar-refractivity contribution in [2.75, 3.05) is 20.2 Å². The first kappa shape index (κ1) is 19.9. The summed E-state index contributed by atoms with van der Waals surface area (Å²) in [5.41, 5.74) is 2.05. The van der Waals surface area contributed by atoms with Crippen molar-refractivity contribution >= 4 is 22.8 Å². The minimum atomic E-state index is -0.0393. The smallest absolute Gasteiger partial charge is 0.224 e. The fraction of sp³-hybridized carbons (Fsp3) is 0.591. The molecule has 0 spiro atoms. The van der Waals surface area contributed by atoms with Gasteiger partial charge in [0.25, 0.3) is 0 Å². The van der Waals surface area contributed by atoms with E-state index in [0.29, 0.717) is 32.5 Å². The summed E-state index contributed by atoms with van der Waals surface area (Å²) in [4.78, 5) is 32.0. The van der Waals surface area contributed by atoms with Crippen LogP contribution in [0.2, 0.25) is 0 Å². The third-order valence-corrected chi connectivity index (χ3v) is 6.36. The van der Waals surface area contributed by atoms with E-state index in [2.05, 4.69) is 22.9 Å². The predicted octanol–water partition coefficient (Wildman–Crippen LogP) is 2.13. The number of aromatic nitrogens is 2. The maximum atomic E-state index is 13.2. The van der Waals surface area contributed by atoms with Crippen molar-refractivity contribution in [3.63, 3.8) is 0 Å². The van der Waals surface area contributed by atoms with E-state index >= 15 is 0 Å². The molecule has 1 saturated carbocycles. The Labute approximate surface area is 171 Å². The van der Waals surface area contributed by atoms with Crippen LogP contribution in [0.15, 0.2) is 24.3 Å². The summed E-state index contributed by atoms with van der Waals surface area (Å²) in [5, 5.41) is 2.75. The molecule has 7 heteroatoms. The van der Waals surface area contributed by atoms with Crippen molar-refractivity contribution < 1.29 is 14.3 Å². The fourth-order valence-corrected chi connectivity index (χ4v) is 4.86. The van der Waals surface area contributed by atoms with Crippen LogP contribution in [0.5, 0.6) is 0 Å². The number of ether oxygens (including phenoxy) is 1. The van der Waals surface area contributed by atoms with E-state index in [0.717, 1.165) is 36.1 Å². The molecule has 29 heavy (non-hydrogen) atoms. The zero-order valence-electron chi connectivity index (χ0n) is 17.3. The van der Waals surface area contributed by atoms with Gasteiger partial charge in [0.2, 0.25) is 11.8 Å². The van der Waals surface area contributed by atoms with Crippen LogP contribution < -0.4 is 5.32 Å². The number of nitrogens with zero attached hydrogens (tertiary/aromatic N) is 3. The van der Waals surface area contributed by atoms with Gasteiger partial charge in [0.05, 0.1) is 29.8 Å². The van der Waals surface area contributed by atoms with Crippen LogP contribution in [0.3, 0.4) is 0 Å². The zero-order valence-corrected chi connectivity index (χ0v) is 17.3. The number of carbonyl (C=O) groups is 2. The summed E-state index contributed by atoms with van der Waals surface area (Å²) in [6, 6.07) is 8.07. The summed E-state index contributed by atoms with van der Waals surface area (Å²) >= 11 is 0. The number of para-hydroxylation sites is 2. The van der Waals surface area contributed by atoms with Crippen molar-refractivity contribution in [1.82, 2.24) is 19.8 Å². The lowest BCUT2D eigenvalue weighted by Gasteiger charge is -2.45. The van der Waals surface area contributed by atoms with Crippen molar-refractivity contribution in [3.8, 4) is 0 Å². The van der Waals surface area contributed by atoms with Crippen LogP contribution >= 0.6 is 0 Å². The number of morpholine rings is 1. The van der Waals surface area contributed by atoms with Gasteiger partial charge in [-0.2, -0.15) is 0 Å². The molecule has 1 N–H and O–H groups in total. The molecule has 7 nitrogen and oxygen atoms in total. The second-order valence-corrected chi connectivity index (χ2v) is 7.96. The largest absolute Gasteiger partial charge is 0.374 e. The Kier molecular flexibility index (Phi) is 5.85. The van der Waals surface area contributed by atoms with Crippen LogP contribution in [-0.2, 0) is 27.3 Å². The normalized spacial score (nSPS) is 24.3. The van der Waals surface area contributed by atoms with Gasteiger partial charge in [-0.3, -0.25) is 9.59 Å². The van der Waals surface area contributed by atoms with Gasteiger partial charge in [0.1, 0.15) is 5.82 Å². The molecule has 2 aromatic rings. The number of imidazole rings is 1. The lowest BCUT2D eigenvalue weighted by molar-refractivity contribution is -0.154. The van der Waals surface area contributed by atoms with Crippen molar-refractivity contribution in [3.05, 3.63) is 30.1 Å².